The van der Waals surface area contributed by atoms with E-state index in [0.717, 1.165) is 24.3 Å². The minimum atomic E-state index is 0.375. The summed E-state index contributed by atoms with van der Waals surface area (Å²) in [4.78, 5) is 0. The topological polar surface area (TPSA) is 21.3 Å². The zero-order chi connectivity index (χ0) is 13.4. The SMILES string of the molecule is CCCNC(C)c1ccc(OC/C=C/Cl)c(C)c1. The molecule has 0 spiro atoms. The van der Waals surface area contributed by atoms with Crippen LogP contribution in [0.2, 0.25) is 0 Å². The fourth-order valence-corrected chi connectivity index (χ4v) is 1.83. The minimum Gasteiger partial charge on any atom is -0.489 e. The third-order valence-corrected chi connectivity index (χ3v) is 3.00. The molecule has 0 heterocycles. The van der Waals surface area contributed by atoms with Crippen molar-refractivity contribution in [1.82, 2.24) is 5.32 Å². The maximum atomic E-state index is 5.60. The molecule has 0 saturated heterocycles. The van der Waals surface area contributed by atoms with Crippen LogP contribution in [-0.4, -0.2) is 13.2 Å². The number of hydrogen-bond acceptors (Lipinski definition) is 2. The summed E-state index contributed by atoms with van der Waals surface area (Å²) in [7, 11) is 0. The highest BCUT2D eigenvalue weighted by atomic mass is 35.5. The van der Waals surface area contributed by atoms with Gasteiger partial charge in [0, 0.05) is 11.6 Å². The first kappa shape index (κ1) is 15.1. The van der Waals surface area contributed by atoms with Gasteiger partial charge in [0.15, 0.2) is 0 Å². The summed E-state index contributed by atoms with van der Waals surface area (Å²) in [5.74, 6) is 0.913. The van der Waals surface area contributed by atoms with E-state index in [2.05, 4.69) is 38.2 Å². The van der Waals surface area contributed by atoms with Crippen molar-refractivity contribution in [3.8, 4) is 5.75 Å². The lowest BCUT2D eigenvalue weighted by Crippen LogP contribution is -2.19. The van der Waals surface area contributed by atoms with Crippen LogP contribution >= 0.6 is 11.6 Å². The molecule has 2 nitrogen and oxygen atoms in total. The largest absolute Gasteiger partial charge is 0.489 e. The number of halogens is 1. The van der Waals surface area contributed by atoms with Gasteiger partial charge in [0.1, 0.15) is 12.4 Å². The lowest BCUT2D eigenvalue weighted by molar-refractivity contribution is 0.360. The third kappa shape index (κ3) is 4.71. The molecule has 1 N–H and O–H groups in total. The minimum absolute atomic E-state index is 0.375. The molecule has 3 heteroatoms. The lowest BCUT2D eigenvalue weighted by Gasteiger charge is -2.16. The van der Waals surface area contributed by atoms with E-state index in [4.69, 9.17) is 16.3 Å². The zero-order valence-electron chi connectivity index (χ0n) is 11.4. The van der Waals surface area contributed by atoms with E-state index in [0.29, 0.717) is 12.6 Å². The number of nitrogens with one attached hydrogen (secondary N) is 1. The number of benzene rings is 1. The first-order valence-electron chi connectivity index (χ1n) is 6.41. The number of ether oxygens (including phenoxy) is 1. The van der Waals surface area contributed by atoms with Gasteiger partial charge in [-0.25, -0.2) is 0 Å². The molecule has 1 rings (SSSR count). The lowest BCUT2D eigenvalue weighted by atomic mass is 10.0. The molecular weight excluding hydrogens is 246 g/mol. The average Bonchev–Trinajstić information content (AvgIpc) is 2.38. The van der Waals surface area contributed by atoms with E-state index in [9.17, 15) is 0 Å². The summed E-state index contributed by atoms with van der Waals surface area (Å²) in [5.41, 5.74) is 3.92. The van der Waals surface area contributed by atoms with Crippen molar-refractivity contribution in [2.45, 2.75) is 33.2 Å². The molecule has 1 aromatic rings. The number of hydrogen-bond donors (Lipinski definition) is 1. The Hall–Kier alpha value is -0.990. The smallest absolute Gasteiger partial charge is 0.122 e. The van der Waals surface area contributed by atoms with E-state index in [-0.39, 0.29) is 0 Å². The van der Waals surface area contributed by atoms with Crippen molar-refractivity contribution in [1.29, 1.82) is 0 Å². The first-order valence-corrected chi connectivity index (χ1v) is 6.84. The van der Waals surface area contributed by atoms with Gasteiger partial charge in [-0.3, -0.25) is 0 Å². The Kier molecular flexibility index (Phi) is 6.84. The van der Waals surface area contributed by atoms with Gasteiger partial charge in [-0.2, -0.15) is 0 Å². The molecule has 1 aromatic carbocycles. The molecule has 0 fully saturated rings. The summed E-state index contributed by atoms with van der Waals surface area (Å²) >= 11 is 5.45. The highest BCUT2D eigenvalue weighted by molar-refractivity contribution is 6.25. The standard InChI is InChI=1S/C15H22ClNO/c1-4-9-17-13(3)14-6-7-15(12(2)11-14)18-10-5-8-16/h5-8,11,13,17H,4,9-10H2,1-3H3/b8-5+. The van der Waals surface area contributed by atoms with Crippen LogP contribution in [0.5, 0.6) is 5.75 Å². The highest BCUT2D eigenvalue weighted by Gasteiger charge is 2.06. The predicted molar refractivity (Wildman–Crippen MR) is 78.4 cm³/mol. The van der Waals surface area contributed by atoms with Crippen molar-refractivity contribution in [2.24, 2.45) is 0 Å². The van der Waals surface area contributed by atoms with E-state index in [1.165, 1.54) is 11.1 Å². The number of aryl methyl sites for hydroxylation is 1. The van der Waals surface area contributed by atoms with Crippen LogP contribution in [0.4, 0.5) is 0 Å². The molecule has 0 saturated carbocycles. The molecule has 100 valence electrons. The first-order chi connectivity index (χ1) is 8.69. The molecule has 0 aliphatic carbocycles. The zero-order valence-corrected chi connectivity index (χ0v) is 12.1. The second kappa shape index (κ2) is 8.17. The summed E-state index contributed by atoms with van der Waals surface area (Å²) in [6.07, 6.45) is 2.93. The van der Waals surface area contributed by atoms with Gasteiger partial charge in [0.2, 0.25) is 0 Å². The Labute approximate surface area is 115 Å². The van der Waals surface area contributed by atoms with E-state index >= 15 is 0 Å². The van der Waals surface area contributed by atoms with Crippen molar-refractivity contribution >= 4 is 11.6 Å². The Balaban J connectivity index is 2.66. The van der Waals surface area contributed by atoms with E-state index in [1.807, 2.05) is 6.07 Å². The van der Waals surface area contributed by atoms with Crippen LogP contribution in [-0.2, 0) is 0 Å². The molecular formula is C15H22ClNO. The summed E-state index contributed by atoms with van der Waals surface area (Å²) < 4.78 is 5.60. The van der Waals surface area contributed by atoms with Gasteiger partial charge in [0.05, 0.1) is 0 Å². The molecule has 0 aromatic heterocycles. The predicted octanol–water partition coefficient (Wildman–Crippen LogP) is 4.19. The van der Waals surface area contributed by atoms with Gasteiger partial charge in [-0.05, 0) is 50.1 Å². The van der Waals surface area contributed by atoms with Crippen LogP contribution < -0.4 is 10.1 Å². The van der Waals surface area contributed by atoms with Gasteiger partial charge in [-0.15, -0.1) is 0 Å². The quantitative estimate of drug-likeness (QED) is 0.800. The van der Waals surface area contributed by atoms with Crippen LogP contribution in [0.15, 0.2) is 29.8 Å². The van der Waals surface area contributed by atoms with Crippen LogP contribution in [0, 0.1) is 6.92 Å². The Morgan fingerprint density at radius 1 is 1.44 bits per heavy atom. The summed E-state index contributed by atoms with van der Waals surface area (Å²) in [6, 6.07) is 6.68. The summed E-state index contributed by atoms with van der Waals surface area (Å²) in [5, 5.41) is 3.48. The van der Waals surface area contributed by atoms with Crippen molar-refractivity contribution in [3.63, 3.8) is 0 Å². The van der Waals surface area contributed by atoms with E-state index < -0.39 is 0 Å². The van der Waals surface area contributed by atoms with Crippen molar-refractivity contribution in [2.75, 3.05) is 13.2 Å². The van der Waals surface area contributed by atoms with Crippen molar-refractivity contribution < 1.29 is 4.74 Å². The fraction of sp³-hybridized carbons (Fsp3) is 0.467. The van der Waals surface area contributed by atoms with Gasteiger partial charge in [0.25, 0.3) is 0 Å². The monoisotopic (exact) mass is 267 g/mol. The fourth-order valence-electron chi connectivity index (χ4n) is 1.76. The van der Waals surface area contributed by atoms with Gasteiger partial charge in [-0.1, -0.05) is 30.7 Å². The molecule has 18 heavy (non-hydrogen) atoms. The maximum absolute atomic E-state index is 5.60. The maximum Gasteiger partial charge on any atom is 0.122 e. The average molecular weight is 268 g/mol. The molecule has 0 radical (unpaired) electrons. The second-order valence-electron chi connectivity index (χ2n) is 4.37. The number of rotatable bonds is 7. The van der Waals surface area contributed by atoms with Crippen molar-refractivity contribution in [3.05, 3.63) is 40.9 Å². The van der Waals surface area contributed by atoms with Crippen LogP contribution in [0.1, 0.15) is 37.4 Å². The Bertz CT molecular complexity index is 390. The normalized spacial score (nSPS) is 12.9. The van der Waals surface area contributed by atoms with Gasteiger partial charge >= 0.3 is 0 Å². The van der Waals surface area contributed by atoms with Crippen LogP contribution in [0.3, 0.4) is 0 Å². The Morgan fingerprint density at radius 3 is 2.83 bits per heavy atom. The van der Waals surface area contributed by atoms with E-state index in [1.54, 1.807) is 6.08 Å². The molecule has 0 amide bonds. The Morgan fingerprint density at radius 2 is 2.22 bits per heavy atom. The second-order valence-corrected chi connectivity index (χ2v) is 4.63. The highest BCUT2D eigenvalue weighted by Crippen LogP contribution is 2.22. The molecule has 0 bridgehead atoms. The summed E-state index contributed by atoms with van der Waals surface area (Å²) in [6.45, 7) is 7.97. The van der Waals surface area contributed by atoms with Crippen LogP contribution in [0.25, 0.3) is 0 Å². The third-order valence-electron chi connectivity index (χ3n) is 2.82. The van der Waals surface area contributed by atoms with Gasteiger partial charge < -0.3 is 10.1 Å². The molecule has 1 atom stereocenters. The molecule has 0 aliphatic rings. The molecule has 0 aliphatic heterocycles. The molecule has 1 unspecified atom stereocenters.